The molecule has 2 fully saturated rings. The van der Waals surface area contributed by atoms with Gasteiger partial charge in [0.15, 0.2) is 0 Å². The molecule has 4 nitrogen and oxygen atoms in total. The maximum Gasteiger partial charge on any atom is 0.404 e. The lowest BCUT2D eigenvalue weighted by atomic mass is 9.98. The second kappa shape index (κ2) is 5.21. The monoisotopic (exact) mass is 260 g/mol. The molecule has 3 atom stereocenters. The average molecular weight is 260 g/mol. The molecule has 2 unspecified atom stereocenters. The Morgan fingerprint density at radius 2 is 2.05 bits per heavy atom. The number of amides is 1. The van der Waals surface area contributed by atoms with Gasteiger partial charge in [0.05, 0.1) is 0 Å². The van der Waals surface area contributed by atoms with Gasteiger partial charge in [-0.3, -0.25) is 4.90 Å². The fraction of sp³-hybridized carbons (Fsp3) is 0.533. The van der Waals surface area contributed by atoms with E-state index >= 15 is 0 Å². The maximum absolute atomic E-state index is 10.8. The van der Waals surface area contributed by atoms with E-state index in [4.69, 9.17) is 5.11 Å². The van der Waals surface area contributed by atoms with E-state index in [0.717, 1.165) is 32.5 Å². The van der Waals surface area contributed by atoms with Gasteiger partial charge in [-0.2, -0.15) is 0 Å². The highest BCUT2D eigenvalue weighted by Crippen LogP contribution is 2.38. The lowest BCUT2D eigenvalue weighted by molar-refractivity contribution is 0.185. The summed E-state index contributed by atoms with van der Waals surface area (Å²) in [6.07, 6.45) is 1.27. The van der Waals surface area contributed by atoms with Crippen LogP contribution in [0.1, 0.15) is 18.4 Å². The Hall–Kier alpha value is -1.55. The molecule has 4 heteroatoms. The molecule has 1 saturated carbocycles. The minimum atomic E-state index is -0.882. The van der Waals surface area contributed by atoms with Crippen molar-refractivity contribution >= 4 is 6.09 Å². The van der Waals surface area contributed by atoms with Crippen molar-refractivity contribution in [1.29, 1.82) is 0 Å². The van der Waals surface area contributed by atoms with Gasteiger partial charge in [0.1, 0.15) is 0 Å². The third-order valence-electron chi connectivity index (χ3n) is 4.49. The molecule has 1 aliphatic heterocycles. The summed E-state index contributed by atoms with van der Waals surface area (Å²) in [7, 11) is 0. The van der Waals surface area contributed by atoms with Crippen molar-refractivity contribution in [3.8, 4) is 0 Å². The molecule has 1 heterocycles. The Bertz CT molecular complexity index is 449. The van der Waals surface area contributed by atoms with E-state index in [2.05, 4.69) is 34.5 Å². The highest BCUT2D eigenvalue weighted by Gasteiger charge is 2.42. The zero-order chi connectivity index (χ0) is 13.2. The fourth-order valence-electron chi connectivity index (χ4n) is 3.67. The van der Waals surface area contributed by atoms with Gasteiger partial charge in [-0.15, -0.1) is 0 Å². The van der Waals surface area contributed by atoms with Crippen LogP contribution < -0.4 is 5.32 Å². The lowest BCUT2D eigenvalue weighted by Gasteiger charge is -2.20. The first-order chi connectivity index (χ1) is 9.22. The van der Waals surface area contributed by atoms with E-state index in [1.54, 1.807) is 0 Å². The van der Waals surface area contributed by atoms with Crippen molar-refractivity contribution in [3.05, 3.63) is 35.9 Å². The second-order valence-corrected chi connectivity index (χ2v) is 5.74. The summed E-state index contributed by atoms with van der Waals surface area (Å²) >= 11 is 0. The predicted octanol–water partition coefficient (Wildman–Crippen LogP) is 2.16. The number of carbonyl (C=O) groups is 1. The molecule has 0 radical (unpaired) electrons. The van der Waals surface area contributed by atoms with Crippen LogP contribution in [-0.4, -0.2) is 35.2 Å². The third kappa shape index (κ3) is 2.73. The van der Waals surface area contributed by atoms with Gasteiger partial charge in [0, 0.05) is 25.7 Å². The van der Waals surface area contributed by atoms with Crippen LogP contribution in [0.2, 0.25) is 0 Å². The zero-order valence-electron chi connectivity index (χ0n) is 11.0. The number of hydrogen-bond donors (Lipinski definition) is 2. The lowest BCUT2D eigenvalue weighted by Crippen LogP contribution is -2.38. The summed E-state index contributed by atoms with van der Waals surface area (Å²) in [6.45, 7) is 3.11. The minimum absolute atomic E-state index is 0.156. The number of rotatable bonds is 3. The molecule has 2 aliphatic rings. The molecule has 0 bridgehead atoms. The van der Waals surface area contributed by atoms with Crippen LogP contribution in [0.5, 0.6) is 0 Å². The summed E-state index contributed by atoms with van der Waals surface area (Å²) in [5, 5.41) is 11.6. The van der Waals surface area contributed by atoms with Crippen LogP contribution in [0.15, 0.2) is 30.3 Å². The number of nitrogens with one attached hydrogen (secondary N) is 1. The van der Waals surface area contributed by atoms with Crippen molar-refractivity contribution < 1.29 is 9.90 Å². The van der Waals surface area contributed by atoms with Crippen LogP contribution in [0.4, 0.5) is 4.79 Å². The van der Waals surface area contributed by atoms with E-state index in [0.29, 0.717) is 11.8 Å². The fourth-order valence-corrected chi connectivity index (χ4v) is 3.67. The van der Waals surface area contributed by atoms with Gasteiger partial charge in [-0.1, -0.05) is 30.3 Å². The maximum atomic E-state index is 10.8. The third-order valence-corrected chi connectivity index (χ3v) is 4.49. The van der Waals surface area contributed by atoms with Crippen molar-refractivity contribution in [3.63, 3.8) is 0 Å². The summed E-state index contributed by atoms with van der Waals surface area (Å²) in [6, 6.07) is 10.6. The minimum Gasteiger partial charge on any atom is -0.465 e. The summed E-state index contributed by atoms with van der Waals surface area (Å²) in [5.74, 6) is 1.17. The first-order valence-electron chi connectivity index (χ1n) is 6.98. The Labute approximate surface area is 113 Å². The van der Waals surface area contributed by atoms with Gasteiger partial charge in [-0.25, -0.2) is 4.79 Å². The van der Waals surface area contributed by atoms with E-state index in [1.807, 2.05) is 6.07 Å². The van der Waals surface area contributed by atoms with Crippen molar-refractivity contribution in [2.24, 2.45) is 11.8 Å². The van der Waals surface area contributed by atoms with Crippen LogP contribution in [0.25, 0.3) is 0 Å². The van der Waals surface area contributed by atoms with E-state index in [1.165, 1.54) is 5.56 Å². The highest BCUT2D eigenvalue weighted by atomic mass is 16.4. The molecule has 1 saturated heterocycles. The Morgan fingerprint density at radius 3 is 2.79 bits per heavy atom. The van der Waals surface area contributed by atoms with Gasteiger partial charge >= 0.3 is 6.09 Å². The molecule has 19 heavy (non-hydrogen) atoms. The molecule has 2 N–H and O–H groups in total. The van der Waals surface area contributed by atoms with Crippen LogP contribution in [0.3, 0.4) is 0 Å². The Morgan fingerprint density at radius 1 is 1.26 bits per heavy atom. The SMILES string of the molecule is O=C(O)NC1CCC2CN(Cc3ccccc3)C[C@@H]21. The second-order valence-electron chi connectivity index (χ2n) is 5.74. The largest absolute Gasteiger partial charge is 0.465 e. The van der Waals surface area contributed by atoms with E-state index in [-0.39, 0.29) is 6.04 Å². The quantitative estimate of drug-likeness (QED) is 0.875. The van der Waals surface area contributed by atoms with Crippen LogP contribution in [-0.2, 0) is 6.54 Å². The van der Waals surface area contributed by atoms with Gasteiger partial charge in [0.2, 0.25) is 0 Å². The molecule has 1 aromatic carbocycles. The molecular weight excluding hydrogens is 240 g/mol. The van der Waals surface area contributed by atoms with Gasteiger partial charge < -0.3 is 10.4 Å². The molecule has 102 valence electrons. The van der Waals surface area contributed by atoms with E-state index < -0.39 is 6.09 Å². The van der Waals surface area contributed by atoms with Crippen LogP contribution in [0, 0.1) is 11.8 Å². The smallest absolute Gasteiger partial charge is 0.404 e. The molecule has 3 rings (SSSR count). The average Bonchev–Trinajstić information content (AvgIpc) is 2.92. The molecule has 1 amide bonds. The number of benzene rings is 1. The van der Waals surface area contributed by atoms with Gasteiger partial charge in [-0.05, 0) is 30.2 Å². The summed E-state index contributed by atoms with van der Waals surface area (Å²) in [4.78, 5) is 13.3. The number of fused-ring (bicyclic) bond motifs is 1. The van der Waals surface area contributed by atoms with Crippen molar-refractivity contribution in [2.45, 2.75) is 25.4 Å². The first kappa shape index (κ1) is 12.5. The van der Waals surface area contributed by atoms with E-state index in [9.17, 15) is 4.79 Å². The summed E-state index contributed by atoms with van der Waals surface area (Å²) < 4.78 is 0. The van der Waals surface area contributed by atoms with Gasteiger partial charge in [0.25, 0.3) is 0 Å². The number of hydrogen-bond acceptors (Lipinski definition) is 2. The number of carboxylic acid groups (broad SMARTS) is 1. The zero-order valence-corrected chi connectivity index (χ0v) is 11.0. The Kier molecular flexibility index (Phi) is 3.42. The topological polar surface area (TPSA) is 52.6 Å². The molecule has 1 aliphatic carbocycles. The predicted molar refractivity (Wildman–Crippen MR) is 72.9 cm³/mol. The van der Waals surface area contributed by atoms with Crippen LogP contribution >= 0.6 is 0 Å². The molecular formula is C15H20N2O2. The first-order valence-corrected chi connectivity index (χ1v) is 6.98. The van der Waals surface area contributed by atoms with Crippen molar-refractivity contribution in [1.82, 2.24) is 10.2 Å². The normalized spacial score (nSPS) is 30.2. The molecule has 0 aromatic heterocycles. The number of nitrogens with zero attached hydrogens (tertiary/aromatic N) is 1. The Balaban J connectivity index is 1.60. The highest BCUT2D eigenvalue weighted by molar-refractivity contribution is 5.65. The standard InChI is InChI=1S/C15H20N2O2/c18-15(19)16-14-7-6-12-9-17(10-13(12)14)8-11-4-2-1-3-5-11/h1-5,12-14,16H,6-10H2,(H,18,19)/t12?,13-,14?/m0/s1. The summed E-state index contributed by atoms with van der Waals surface area (Å²) in [5.41, 5.74) is 1.34. The molecule has 0 spiro atoms. The number of likely N-dealkylation sites (tertiary alicyclic amines) is 1. The van der Waals surface area contributed by atoms with Crippen molar-refractivity contribution in [2.75, 3.05) is 13.1 Å². The molecule has 1 aromatic rings.